The van der Waals surface area contributed by atoms with Crippen LogP contribution in [0.25, 0.3) is 0 Å². The molecular weight excluding hydrogens is 152 g/mol. The molecule has 0 aromatic carbocycles. The van der Waals surface area contributed by atoms with Gasteiger partial charge in [0.05, 0.1) is 19.3 Å². The van der Waals surface area contributed by atoms with E-state index in [1.165, 1.54) is 19.3 Å². The van der Waals surface area contributed by atoms with E-state index < -0.39 is 0 Å². The van der Waals surface area contributed by atoms with Crippen LogP contribution >= 0.6 is 0 Å². The van der Waals surface area contributed by atoms with Crippen LogP contribution in [0.15, 0.2) is 0 Å². The largest absolute Gasteiger partial charge is 0.381 e. The quantitative estimate of drug-likeness (QED) is 0.643. The first-order valence-corrected chi connectivity index (χ1v) is 5.04. The highest BCUT2D eigenvalue weighted by Gasteiger charge is 2.25. The van der Waals surface area contributed by atoms with E-state index in [0.717, 1.165) is 31.7 Å². The van der Waals surface area contributed by atoms with Crippen molar-refractivity contribution in [3.63, 3.8) is 0 Å². The molecule has 2 saturated heterocycles. The van der Waals surface area contributed by atoms with Gasteiger partial charge in [-0.15, -0.1) is 0 Å². The zero-order valence-electron chi connectivity index (χ0n) is 7.79. The molecule has 0 aromatic rings. The normalized spacial score (nSPS) is 36.8. The second kappa shape index (κ2) is 3.75. The van der Waals surface area contributed by atoms with Gasteiger partial charge in [-0.1, -0.05) is 6.92 Å². The van der Waals surface area contributed by atoms with Gasteiger partial charge in [-0.25, -0.2) is 0 Å². The summed E-state index contributed by atoms with van der Waals surface area (Å²) in [5, 5.41) is 0. The number of ether oxygens (including phenoxy) is 2. The van der Waals surface area contributed by atoms with Gasteiger partial charge in [-0.2, -0.15) is 0 Å². The van der Waals surface area contributed by atoms with Crippen molar-refractivity contribution in [2.24, 2.45) is 11.8 Å². The molecule has 0 aliphatic carbocycles. The molecular formula is C10H18O2. The highest BCUT2D eigenvalue weighted by molar-refractivity contribution is 4.73. The van der Waals surface area contributed by atoms with Crippen LogP contribution in [0.3, 0.4) is 0 Å². The number of rotatable bonds is 3. The Kier molecular flexibility index (Phi) is 2.66. The van der Waals surface area contributed by atoms with Crippen LogP contribution in [0.2, 0.25) is 0 Å². The third kappa shape index (κ3) is 1.99. The van der Waals surface area contributed by atoms with E-state index in [1.807, 2.05) is 0 Å². The molecule has 0 aromatic heterocycles. The van der Waals surface area contributed by atoms with Gasteiger partial charge in [0.1, 0.15) is 0 Å². The molecule has 2 atom stereocenters. The molecule has 2 fully saturated rings. The first-order chi connectivity index (χ1) is 5.84. The Bertz CT molecular complexity index is 143. The van der Waals surface area contributed by atoms with E-state index in [0.29, 0.717) is 6.10 Å². The van der Waals surface area contributed by atoms with Crippen LogP contribution in [0, 0.1) is 11.8 Å². The van der Waals surface area contributed by atoms with Gasteiger partial charge >= 0.3 is 0 Å². The molecule has 2 rings (SSSR count). The minimum atomic E-state index is 0.556. The van der Waals surface area contributed by atoms with Crippen molar-refractivity contribution < 1.29 is 9.47 Å². The van der Waals surface area contributed by atoms with Crippen molar-refractivity contribution in [1.29, 1.82) is 0 Å². The molecule has 0 spiro atoms. The monoisotopic (exact) mass is 170 g/mol. The summed E-state index contributed by atoms with van der Waals surface area (Å²) < 4.78 is 10.8. The molecule has 0 radical (unpaired) electrons. The minimum absolute atomic E-state index is 0.556. The van der Waals surface area contributed by atoms with Gasteiger partial charge in [0.25, 0.3) is 0 Å². The zero-order valence-corrected chi connectivity index (χ0v) is 7.79. The van der Waals surface area contributed by atoms with Crippen molar-refractivity contribution in [2.75, 3.05) is 19.8 Å². The van der Waals surface area contributed by atoms with Gasteiger partial charge < -0.3 is 9.47 Å². The standard InChI is InChI=1S/C10H18O2/c1-8-4-10(12-5-8)3-2-9-6-11-7-9/h8-10H,2-7H2,1H3. The Morgan fingerprint density at radius 3 is 2.50 bits per heavy atom. The van der Waals surface area contributed by atoms with Gasteiger partial charge in [-0.3, -0.25) is 0 Å². The van der Waals surface area contributed by atoms with E-state index in [4.69, 9.17) is 9.47 Å². The van der Waals surface area contributed by atoms with Crippen molar-refractivity contribution in [2.45, 2.75) is 32.3 Å². The number of hydrogen-bond donors (Lipinski definition) is 0. The van der Waals surface area contributed by atoms with E-state index in [2.05, 4.69) is 6.92 Å². The SMILES string of the molecule is CC1COC(CCC2COC2)C1. The molecule has 12 heavy (non-hydrogen) atoms. The molecule has 0 N–H and O–H groups in total. The Hall–Kier alpha value is -0.0800. The predicted octanol–water partition coefficient (Wildman–Crippen LogP) is 1.84. The summed E-state index contributed by atoms with van der Waals surface area (Å²) in [5.41, 5.74) is 0. The first kappa shape index (κ1) is 8.52. The molecule has 2 heterocycles. The highest BCUT2D eigenvalue weighted by atomic mass is 16.5. The van der Waals surface area contributed by atoms with E-state index in [-0.39, 0.29) is 0 Å². The molecule has 2 aliphatic rings. The smallest absolute Gasteiger partial charge is 0.0578 e. The number of hydrogen-bond acceptors (Lipinski definition) is 2. The molecule has 70 valence electrons. The summed E-state index contributed by atoms with van der Waals surface area (Å²) in [6, 6.07) is 0. The van der Waals surface area contributed by atoms with Crippen molar-refractivity contribution in [1.82, 2.24) is 0 Å². The Balaban J connectivity index is 1.60. The van der Waals surface area contributed by atoms with E-state index in [1.54, 1.807) is 0 Å². The van der Waals surface area contributed by atoms with Crippen LogP contribution in [0.5, 0.6) is 0 Å². The predicted molar refractivity (Wildman–Crippen MR) is 47.1 cm³/mol. The molecule has 2 heteroatoms. The fourth-order valence-corrected chi connectivity index (χ4v) is 1.96. The summed E-state index contributed by atoms with van der Waals surface area (Å²) in [5.74, 6) is 1.62. The van der Waals surface area contributed by atoms with E-state index in [9.17, 15) is 0 Å². The molecule has 0 amide bonds. The maximum absolute atomic E-state index is 5.64. The van der Waals surface area contributed by atoms with Gasteiger partial charge in [0.15, 0.2) is 0 Å². The van der Waals surface area contributed by atoms with Crippen LogP contribution < -0.4 is 0 Å². The Morgan fingerprint density at radius 2 is 2.00 bits per heavy atom. The zero-order chi connectivity index (χ0) is 8.39. The summed E-state index contributed by atoms with van der Waals surface area (Å²) >= 11 is 0. The fourth-order valence-electron chi connectivity index (χ4n) is 1.96. The second-order valence-electron chi connectivity index (χ2n) is 4.28. The molecule has 2 nitrogen and oxygen atoms in total. The lowest BCUT2D eigenvalue weighted by atomic mass is 9.97. The lowest BCUT2D eigenvalue weighted by molar-refractivity contribution is -0.0417. The third-order valence-electron chi connectivity index (χ3n) is 2.89. The van der Waals surface area contributed by atoms with Crippen LogP contribution in [-0.4, -0.2) is 25.9 Å². The maximum Gasteiger partial charge on any atom is 0.0578 e. The molecule has 2 aliphatic heterocycles. The molecule has 0 saturated carbocycles. The second-order valence-corrected chi connectivity index (χ2v) is 4.28. The summed E-state index contributed by atoms with van der Waals surface area (Å²) in [6.45, 7) is 5.23. The summed E-state index contributed by atoms with van der Waals surface area (Å²) in [7, 11) is 0. The fraction of sp³-hybridized carbons (Fsp3) is 1.00. The van der Waals surface area contributed by atoms with Crippen LogP contribution in [0.1, 0.15) is 26.2 Å². The highest BCUT2D eigenvalue weighted by Crippen LogP contribution is 2.25. The van der Waals surface area contributed by atoms with Crippen LogP contribution in [-0.2, 0) is 9.47 Å². The lowest BCUT2D eigenvalue weighted by Gasteiger charge is -2.26. The minimum Gasteiger partial charge on any atom is -0.381 e. The average Bonchev–Trinajstić information content (AvgIpc) is 2.32. The van der Waals surface area contributed by atoms with Gasteiger partial charge in [-0.05, 0) is 25.2 Å². The van der Waals surface area contributed by atoms with E-state index >= 15 is 0 Å². The van der Waals surface area contributed by atoms with Crippen molar-refractivity contribution >= 4 is 0 Å². The maximum atomic E-state index is 5.64. The third-order valence-corrected chi connectivity index (χ3v) is 2.89. The Labute approximate surface area is 74.2 Å². The van der Waals surface area contributed by atoms with Gasteiger partial charge in [0.2, 0.25) is 0 Å². The average molecular weight is 170 g/mol. The summed E-state index contributed by atoms with van der Waals surface area (Å²) in [6.07, 6.45) is 4.38. The first-order valence-electron chi connectivity index (χ1n) is 5.04. The Morgan fingerprint density at radius 1 is 1.17 bits per heavy atom. The summed E-state index contributed by atoms with van der Waals surface area (Å²) in [4.78, 5) is 0. The van der Waals surface area contributed by atoms with Crippen molar-refractivity contribution in [3.05, 3.63) is 0 Å². The van der Waals surface area contributed by atoms with Crippen molar-refractivity contribution in [3.8, 4) is 0 Å². The van der Waals surface area contributed by atoms with Gasteiger partial charge in [0, 0.05) is 12.5 Å². The molecule has 2 unspecified atom stereocenters. The topological polar surface area (TPSA) is 18.5 Å². The lowest BCUT2D eigenvalue weighted by Crippen LogP contribution is -2.28. The molecule has 0 bridgehead atoms. The van der Waals surface area contributed by atoms with Crippen LogP contribution in [0.4, 0.5) is 0 Å².